The second-order valence-electron chi connectivity index (χ2n) is 7.91. The largest absolute Gasteiger partial charge is 0.333 e. The molecule has 0 N–H and O–H groups in total. The Balaban J connectivity index is 1.50. The first-order chi connectivity index (χ1) is 13.2. The van der Waals surface area contributed by atoms with E-state index in [-0.39, 0.29) is 5.54 Å². The first-order valence-electron chi connectivity index (χ1n) is 10.4. The number of rotatable bonds is 4. The van der Waals surface area contributed by atoms with Gasteiger partial charge in [-0.05, 0) is 42.4 Å². The Labute approximate surface area is 163 Å². The first kappa shape index (κ1) is 18.2. The van der Waals surface area contributed by atoms with Crippen molar-refractivity contribution in [2.24, 2.45) is 0 Å². The van der Waals surface area contributed by atoms with Gasteiger partial charge in [0.05, 0.1) is 5.54 Å². The summed E-state index contributed by atoms with van der Waals surface area (Å²) < 4.78 is 0. The molecule has 1 amide bonds. The molecule has 2 aliphatic rings. The van der Waals surface area contributed by atoms with E-state index in [2.05, 4.69) is 64.4 Å². The van der Waals surface area contributed by atoms with Gasteiger partial charge in [-0.25, -0.2) is 0 Å². The van der Waals surface area contributed by atoms with E-state index < -0.39 is 0 Å². The van der Waals surface area contributed by atoms with Gasteiger partial charge in [0.1, 0.15) is 0 Å². The summed E-state index contributed by atoms with van der Waals surface area (Å²) in [7, 11) is 0. The van der Waals surface area contributed by atoms with Gasteiger partial charge in [0, 0.05) is 32.6 Å². The van der Waals surface area contributed by atoms with Crippen LogP contribution in [0.15, 0.2) is 54.6 Å². The average Bonchev–Trinajstić information content (AvgIpc) is 2.74. The summed E-state index contributed by atoms with van der Waals surface area (Å²) in [5.74, 6) is 0.308. The van der Waals surface area contributed by atoms with Crippen LogP contribution in [-0.4, -0.2) is 41.9 Å². The molecule has 0 aromatic heterocycles. The highest BCUT2D eigenvalue weighted by Gasteiger charge is 2.46. The van der Waals surface area contributed by atoms with Crippen molar-refractivity contribution in [3.63, 3.8) is 0 Å². The van der Waals surface area contributed by atoms with Gasteiger partial charge in [-0.2, -0.15) is 0 Å². The Morgan fingerprint density at radius 3 is 2.41 bits per heavy atom. The summed E-state index contributed by atoms with van der Waals surface area (Å²) in [6.45, 7) is 6.09. The zero-order valence-corrected chi connectivity index (χ0v) is 16.4. The summed E-state index contributed by atoms with van der Waals surface area (Å²) >= 11 is 0. The fraction of sp³-hybridized carbons (Fsp3) is 0.458. The molecule has 0 radical (unpaired) electrons. The van der Waals surface area contributed by atoms with Crippen LogP contribution < -0.4 is 0 Å². The minimum absolute atomic E-state index is 0.0921. The van der Waals surface area contributed by atoms with Crippen molar-refractivity contribution in [1.29, 1.82) is 0 Å². The van der Waals surface area contributed by atoms with Crippen molar-refractivity contribution < 1.29 is 4.79 Å². The van der Waals surface area contributed by atoms with E-state index in [0.717, 1.165) is 51.9 Å². The number of amides is 1. The van der Waals surface area contributed by atoms with Crippen LogP contribution in [0.5, 0.6) is 0 Å². The van der Waals surface area contributed by atoms with Crippen LogP contribution in [0.3, 0.4) is 0 Å². The van der Waals surface area contributed by atoms with Crippen LogP contribution in [0.25, 0.3) is 0 Å². The molecule has 2 aliphatic heterocycles. The number of piperidine rings is 1. The number of hydrogen-bond acceptors (Lipinski definition) is 2. The minimum Gasteiger partial charge on any atom is -0.333 e. The summed E-state index contributed by atoms with van der Waals surface area (Å²) in [5.41, 5.74) is 4.16. The van der Waals surface area contributed by atoms with Gasteiger partial charge in [0.15, 0.2) is 0 Å². The van der Waals surface area contributed by atoms with Crippen LogP contribution in [0.1, 0.15) is 42.9 Å². The summed E-state index contributed by atoms with van der Waals surface area (Å²) in [5, 5.41) is 0. The smallest absolute Gasteiger partial charge is 0.223 e. The van der Waals surface area contributed by atoms with Gasteiger partial charge in [-0.3, -0.25) is 4.79 Å². The lowest BCUT2D eigenvalue weighted by molar-refractivity contribution is -0.141. The van der Waals surface area contributed by atoms with Gasteiger partial charge in [0.2, 0.25) is 5.91 Å². The molecule has 3 heteroatoms. The van der Waals surface area contributed by atoms with Crippen LogP contribution in [-0.2, 0) is 23.2 Å². The van der Waals surface area contributed by atoms with E-state index in [1.807, 2.05) is 6.92 Å². The predicted molar refractivity (Wildman–Crippen MR) is 110 cm³/mol. The zero-order valence-electron chi connectivity index (χ0n) is 16.4. The number of likely N-dealkylation sites (tertiary alicyclic amines) is 1. The molecule has 0 aliphatic carbocycles. The van der Waals surface area contributed by atoms with Crippen LogP contribution in [0.2, 0.25) is 0 Å². The number of benzene rings is 2. The van der Waals surface area contributed by atoms with Crippen LogP contribution in [0.4, 0.5) is 0 Å². The van der Waals surface area contributed by atoms with Crippen molar-refractivity contribution >= 4 is 5.91 Å². The van der Waals surface area contributed by atoms with E-state index >= 15 is 0 Å². The van der Waals surface area contributed by atoms with Crippen LogP contribution in [0, 0.1) is 0 Å². The Kier molecular flexibility index (Phi) is 5.31. The number of carbonyl (C=O) groups excluding carboxylic acids is 1. The van der Waals surface area contributed by atoms with Gasteiger partial charge in [-0.1, -0.05) is 61.5 Å². The lowest BCUT2D eigenvalue weighted by Crippen LogP contribution is -2.58. The van der Waals surface area contributed by atoms with E-state index in [1.165, 1.54) is 16.7 Å². The Morgan fingerprint density at radius 2 is 1.67 bits per heavy atom. The number of carbonyl (C=O) groups is 1. The third-order valence-corrected chi connectivity index (χ3v) is 6.49. The maximum Gasteiger partial charge on any atom is 0.223 e. The van der Waals surface area contributed by atoms with E-state index in [9.17, 15) is 4.79 Å². The Bertz CT molecular complexity index is 778. The number of nitrogens with zero attached hydrogens (tertiary/aromatic N) is 2. The average molecular weight is 363 g/mol. The summed E-state index contributed by atoms with van der Waals surface area (Å²) in [6, 6.07) is 19.5. The fourth-order valence-corrected chi connectivity index (χ4v) is 4.96. The first-order valence-corrected chi connectivity index (χ1v) is 10.4. The molecular weight excluding hydrogens is 332 g/mol. The fourth-order valence-electron chi connectivity index (χ4n) is 4.96. The topological polar surface area (TPSA) is 23.6 Å². The monoisotopic (exact) mass is 362 g/mol. The standard InChI is InChI=1S/C24H30N2O/c1-2-23(27)26-17-13-21-10-6-7-11-22(21)24(26)14-18-25(19-15-24)16-12-20-8-4-3-5-9-20/h3-11H,2,12-19H2,1H3. The molecule has 142 valence electrons. The van der Waals surface area contributed by atoms with Gasteiger partial charge < -0.3 is 9.80 Å². The SMILES string of the molecule is CCC(=O)N1CCc2ccccc2C12CCN(CCc1ccccc1)CC2. The quantitative estimate of drug-likeness (QED) is 0.820. The molecule has 2 aromatic carbocycles. The van der Waals surface area contributed by atoms with E-state index in [0.29, 0.717) is 12.3 Å². The molecule has 3 nitrogen and oxygen atoms in total. The Morgan fingerprint density at radius 1 is 0.963 bits per heavy atom. The van der Waals surface area contributed by atoms with Crippen molar-refractivity contribution in [1.82, 2.24) is 9.80 Å². The number of hydrogen-bond donors (Lipinski definition) is 0. The van der Waals surface area contributed by atoms with Gasteiger partial charge in [-0.15, -0.1) is 0 Å². The minimum atomic E-state index is -0.0921. The number of fused-ring (bicyclic) bond motifs is 2. The predicted octanol–water partition coefficient (Wildman–Crippen LogP) is 4.02. The maximum atomic E-state index is 12.8. The van der Waals surface area contributed by atoms with Crippen molar-refractivity contribution in [2.45, 2.75) is 44.6 Å². The molecule has 1 fully saturated rings. The molecule has 2 aromatic rings. The third kappa shape index (κ3) is 3.53. The zero-order chi connectivity index (χ0) is 18.7. The lowest BCUT2D eigenvalue weighted by atomic mass is 9.74. The normalized spacial score (nSPS) is 19.1. The van der Waals surface area contributed by atoms with Crippen LogP contribution >= 0.6 is 0 Å². The second kappa shape index (κ2) is 7.85. The van der Waals surface area contributed by atoms with Crippen molar-refractivity contribution in [3.05, 3.63) is 71.3 Å². The molecule has 0 saturated carbocycles. The van der Waals surface area contributed by atoms with Gasteiger partial charge in [0.25, 0.3) is 0 Å². The maximum absolute atomic E-state index is 12.8. The molecule has 0 unspecified atom stereocenters. The highest BCUT2D eigenvalue weighted by atomic mass is 16.2. The van der Waals surface area contributed by atoms with Crippen molar-refractivity contribution in [3.8, 4) is 0 Å². The Hall–Kier alpha value is -2.13. The summed E-state index contributed by atoms with van der Waals surface area (Å²) in [6.07, 6.45) is 4.78. The molecule has 0 bridgehead atoms. The molecule has 1 spiro atoms. The third-order valence-electron chi connectivity index (χ3n) is 6.49. The van der Waals surface area contributed by atoms with E-state index in [4.69, 9.17) is 0 Å². The molecule has 1 saturated heterocycles. The second-order valence-corrected chi connectivity index (χ2v) is 7.91. The highest BCUT2D eigenvalue weighted by Crippen LogP contribution is 2.43. The highest BCUT2D eigenvalue weighted by molar-refractivity contribution is 5.77. The van der Waals surface area contributed by atoms with Gasteiger partial charge >= 0.3 is 0 Å². The molecular formula is C24H30N2O. The van der Waals surface area contributed by atoms with E-state index in [1.54, 1.807) is 0 Å². The molecule has 4 rings (SSSR count). The molecule has 2 heterocycles. The van der Waals surface area contributed by atoms with Crippen molar-refractivity contribution in [2.75, 3.05) is 26.2 Å². The summed E-state index contributed by atoms with van der Waals surface area (Å²) in [4.78, 5) is 17.5. The molecule has 0 atom stereocenters. The molecule has 27 heavy (non-hydrogen) atoms. The lowest BCUT2D eigenvalue weighted by Gasteiger charge is -2.52.